The van der Waals surface area contributed by atoms with Crippen LogP contribution in [0, 0.1) is 12.7 Å². The van der Waals surface area contributed by atoms with Crippen LogP contribution in [0.25, 0.3) is 11.1 Å². The Kier molecular flexibility index (Phi) is 7.45. The molecule has 1 aliphatic rings. The molecule has 2 aromatic carbocycles. The van der Waals surface area contributed by atoms with Crippen molar-refractivity contribution in [3.8, 4) is 22.6 Å². The molecule has 8 nitrogen and oxygen atoms in total. The third kappa shape index (κ3) is 5.87. The number of hydrogen-bond acceptors (Lipinski definition) is 7. The van der Waals surface area contributed by atoms with Crippen molar-refractivity contribution in [2.24, 2.45) is 4.99 Å². The van der Waals surface area contributed by atoms with Gasteiger partial charge >= 0.3 is 0 Å². The quantitative estimate of drug-likeness (QED) is 0.461. The second kappa shape index (κ2) is 10.9. The Morgan fingerprint density at radius 1 is 1.11 bits per heavy atom. The first-order chi connectivity index (χ1) is 17.0. The second-order valence-corrected chi connectivity index (χ2v) is 8.10. The Balaban J connectivity index is 1.64. The van der Waals surface area contributed by atoms with Crippen molar-refractivity contribution in [3.05, 3.63) is 76.9 Å². The minimum Gasteiger partial charge on any atom is -0.497 e. The van der Waals surface area contributed by atoms with Crippen molar-refractivity contribution in [1.29, 1.82) is 0 Å². The molecule has 0 spiro atoms. The summed E-state index contributed by atoms with van der Waals surface area (Å²) in [7, 11) is 3.08. The van der Waals surface area contributed by atoms with Crippen molar-refractivity contribution in [2.45, 2.75) is 20.0 Å². The van der Waals surface area contributed by atoms with Crippen LogP contribution in [0.15, 0.2) is 53.7 Å². The highest BCUT2D eigenvalue weighted by Crippen LogP contribution is 2.33. The van der Waals surface area contributed by atoms with Crippen LogP contribution in [0.5, 0.6) is 11.5 Å². The molecule has 0 radical (unpaired) electrons. The molecule has 9 heteroatoms. The van der Waals surface area contributed by atoms with E-state index in [0.717, 1.165) is 30.2 Å². The lowest BCUT2D eigenvalue weighted by Crippen LogP contribution is -2.33. The van der Waals surface area contributed by atoms with E-state index in [9.17, 15) is 9.18 Å². The molecule has 0 fully saturated rings. The van der Waals surface area contributed by atoms with E-state index in [1.807, 2.05) is 12.1 Å². The van der Waals surface area contributed by atoms with E-state index < -0.39 is 0 Å². The molecule has 3 N–H and O–H groups in total. The fourth-order valence-corrected chi connectivity index (χ4v) is 3.79. The largest absolute Gasteiger partial charge is 0.497 e. The van der Waals surface area contributed by atoms with Crippen LogP contribution in [0.3, 0.4) is 0 Å². The molecule has 0 aliphatic carbocycles. The number of ether oxygens (including phenoxy) is 2. The zero-order chi connectivity index (χ0) is 24.8. The van der Waals surface area contributed by atoms with Gasteiger partial charge in [-0.05, 0) is 53.9 Å². The molecule has 35 heavy (non-hydrogen) atoms. The number of hydrogen-bond donors (Lipinski definition) is 3. The van der Waals surface area contributed by atoms with Crippen molar-refractivity contribution in [2.75, 3.05) is 27.3 Å². The number of halogens is 1. The molecule has 0 saturated carbocycles. The Labute approximate surface area is 203 Å². The summed E-state index contributed by atoms with van der Waals surface area (Å²) in [5, 5.41) is 9.34. The second-order valence-electron chi connectivity index (χ2n) is 8.10. The van der Waals surface area contributed by atoms with E-state index >= 15 is 0 Å². The Hall–Kier alpha value is -4.14. The lowest BCUT2D eigenvalue weighted by molar-refractivity contribution is 0.0950. The smallest absolute Gasteiger partial charge is 0.251 e. The first kappa shape index (κ1) is 24.0. The van der Waals surface area contributed by atoms with Gasteiger partial charge in [-0.25, -0.2) is 4.39 Å². The highest BCUT2D eigenvalue weighted by Gasteiger charge is 2.15. The summed E-state index contributed by atoms with van der Waals surface area (Å²) in [6, 6.07) is 12.2. The van der Waals surface area contributed by atoms with E-state index in [1.54, 1.807) is 44.5 Å². The standard InChI is InChI=1S/C26H28FN5O3/c1-16-8-22(24(35-3)13-23(16)27)18-9-17(14-32-26-29-6-7-30-26)10-19(11-18)25(33)31-15-20-12-21(34-2)4-5-28-20/h4-5,8-13H,6-7,14-15H2,1-3H3,(H,31,33)(H2,29,30,32). The van der Waals surface area contributed by atoms with Gasteiger partial charge in [0.2, 0.25) is 0 Å². The van der Waals surface area contributed by atoms with Gasteiger partial charge in [-0.15, -0.1) is 0 Å². The number of carbonyl (C=O) groups is 1. The molecular formula is C26H28FN5O3. The van der Waals surface area contributed by atoms with Gasteiger partial charge in [0, 0.05) is 42.5 Å². The van der Waals surface area contributed by atoms with Crippen molar-refractivity contribution >= 4 is 11.9 Å². The number of nitrogens with zero attached hydrogens (tertiary/aromatic N) is 2. The van der Waals surface area contributed by atoms with Gasteiger partial charge in [-0.2, -0.15) is 0 Å². The molecule has 1 aromatic heterocycles. The lowest BCUT2D eigenvalue weighted by Gasteiger charge is -2.15. The SMILES string of the molecule is COc1ccnc(CNC(=O)c2cc(CNC3=NCCN3)cc(-c3cc(C)c(F)cc3OC)c2)c1. The lowest BCUT2D eigenvalue weighted by atomic mass is 9.97. The third-order valence-corrected chi connectivity index (χ3v) is 5.63. The fraction of sp³-hybridized carbons (Fsp3) is 0.269. The van der Waals surface area contributed by atoms with Crippen molar-refractivity contribution in [1.82, 2.24) is 20.9 Å². The summed E-state index contributed by atoms with van der Waals surface area (Å²) >= 11 is 0. The average molecular weight is 478 g/mol. The minimum atomic E-state index is -0.350. The maximum absolute atomic E-state index is 14.2. The van der Waals surface area contributed by atoms with Crippen LogP contribution < -0.4 is 25.4 Å². The van der Waals surface area contributed by atoms with Crippen LogP contribution in [-0.4, -0.2) is 44.2 Å². The summed E-state index contributed by atoms with van der Waals surface area (Å²) in [5.41, 5.74) is 3.95. The number of amides is 1. The summed E-state index contributed by atoms with van der Waals surface area (Å²) in [6.45, 7) is 3.91. The summed E-state index contributed by atoms with van der Waals surface area (Å²) in [4.78, 5) is 21.8. The molecule has 1 aliphatic heterocycles. The third-order valence-electron chi connectivity index (χ3n) is 5.63. The van der Waals surface area contributed by atoms with Gasteiger partial charge in [0.05, 0.1) is 33.0 Å². The number of aromatic nitrogens is 1. The Morgan fingerprint density at radius 2 is 1.97 bits per heavy atom. The average Bonchev–Trinajstić information content (AvgIpc) is 3.41. The Bertz CT molecular complexity index is 1260. The summed E-state index contributed by atoms with van der Waals surface area (Å²) in [6.07, 6.45) is 1.63. The van der Waals surface area contributed by atoms with Gasteiger partial charge in [-0.3, -0.25) is 14.8 Å². The van der Waals surface area contributed by atoms with E-state index in [1.165, 1.54) is 13.2 Å². The van der Waals surface area contributed by atoms with Crippen molar-refractivity contribution in [3.63, 3.8) is 0 Å². The highest BCUT2D eigenvalue weighted by atomic mass is 19.1. The van der Waals surface area contributed by atoms with Gasteiger partial charge in [-0.1, -0.05) is 0 Å². The number of rotatable bonds is 8. The number of pyridine rings is 1. The molecule has 0 saturated heterocycles. The van der Waals surface area contributed by atoms with E-state index in [0.29, 0.717) is 40.4 Å². The molecular weight excluding hydrogens is 449 g/mol. The van der Waals surface area contributed by atoms with E-state index in [-0.39, 0.29) is 18.3 Å². The zero-order valence-electron chi connectivity index (χ0n) is 19.9. The maximum atomic E-state index is 14.2. The molecule has 0 unspecified atom stereocenters. The normalized spacial score (nSPS) is 12.5. The molecule has 4 rings (SSSR count). The van der Waals surface area contributed by atoms with Crippen LogP contribution in [-0.2, 0) is 13.1 Å². The minimum absolute atomic E-state index is 0.244. The fourth-order valence-electron chi connectivity index (χ4n) is 3.79. The predicted octanol–water partition coefficient (Wildman–Crippen LogP) is 3.19. The molecule has 0 atom stereocenters. The number of benzene rings is 2. The molecule has 1 amide bonds. The van der Waals surface area contributed by atoms with Gasteiger partial charge in [0.25, 0.3) is 5.91 Å². The number of guanidine groups is 1. The molecule has 0 bridgehead atoms. The maximum Gasteiger partial charge on any atom is 0.251 e. The number of aliphatic imine (C=N–C) groups is 1. The Morgan fingerprint density at radius 3 is 2.71 bits per heavy atom. The topological polar surface area (TPSA) is 96.9 Å². The first-order valence-corrected chi connectivity index (χ1v) is 11.2. The van der Waals surface area contributed by atoms with E-state index in [2.05, 4.69) is 25.9 Å². The molecule has 3 aromatic rings. The highest BCUT2D eigenvalue weighted by molar-refractivity contribution is 5.96. The first-order valence-electron chi connectivity index (χ1n) is 11.2. The molecule has 182 valence electrons. The number of carbonyl (C=O) groups excluding carboxylic acids is 1. The summed E-state index contributed by atoms with van der Waals surface area (Å²) < 4.78 is 24.8. The van der Waals surface area contributed by atoms with Gasteiger partial charge < -0.3 is 25.4 Å². The van der Waals surface area contributed by atoms with Crippen LogP contribution in [0.1, 0.15) is 27.2 Å². The van der Waals surface area contributed by atoms with Gasteiger partial charge in [0.15, 0.2) is 5.96 Å². The van der Waals surface area contributed by atoms with Gasteiger partial charge in [0.1, 0.15) is 17.3 Å². The number of nitrogens with one attached hydrogen (secondary N) is 3. The zero-order valence-corrected chi connectivity index (χ0v) is 19.9. The number of methoxy groups -OCH3 is 2. The van der Waals surface area contributed by atoms with Crippen molar-refractivity contribution < 1.29 is 18.7 Å². The monoisotopic (exact) mass is 477 g/mol. The van der Waals surface area contributed by atoms with Crippen LogP contribution >= 0.6 is 0 Å². The van der Waals surface area contributed by atoms with E-state index in [4.69, 9.17) is 9.47 Å². The summed E-state index contributed by atoms with van der Waals surface area (Å²) in [5.74, 6) is 1.18. The number of aryl methyl sites for hydroxylation is 1. The predicted molar refractivity (Wildman–Crippen MR) is 132 cm³/mol. The molecule has 2 heterocycles. The van der Waals surface area contributed by atoms with Crippen LogP contribution in [0.4, 0.5) is 4.39 Å². The van der Waals surface area contributed by atoms with Crippen LogP contribution in [0.2, 0.25) is 0 Å².